The Bertz CT molecular complexity index is 1150. The van der Waals surface area contributed by atoms with Gasteiger partial charge in [0.05, 0.1) is 17.8 Å². The van der Waals surface area contributed by atoms with Gasteiger partial charge in [0.25, 0.3) is 11.5 Å². The van der Waals surface area contributed by atoms with E-state index in [0.717, 1.165) is 35.3 Å². The summed E-state index contributed by atoms with van der Waals surface area (Å²) in [5, 5.41) is 3.34. The van der Waals surface area contributed by atoms with Crippen molar-refractivity contribution in [2.24, 2.45) is 0 Å². The molecule has 0 radical (unpaired) electrons. The number of carbonyl (C=O) groups excluding carboxylic acids is 1. The predicted octanol–water partition coefficient (Wildman–Crippen LogP) is 3.72. The second-order valence-corrected chi connectivity index (χ2v) is 8.26. The van der Waals surface area contributed by atoms with Crippen molar-refractivity contribution in [2.75, 3.05) is 7.11 Å². The molecular formula is C22H25ClN4O3. The van der Waals surface area contributed by atoms with Gasteiger partial charge in [0, 0.05) is 35.9 Å². The van der Waals surface area contributed by atoms with Gasteiger partial charge in [-0.05, 0) is 43.5 Å². The molecule has 2 N–H and O–H groups in total. The molecule has 7 nitrogen and oxygen atoms in total. The molecule has 8 heteroatoms. The topological polar surface area (TPSA) is 88.5 Å². The molecule has 1 aliphatic rings. The van der Waals surface area contributed by atoms with Crippen LogP contribution in [0.1, 0.15) is 64.6 Å². The minimum absolute atomic E-state index is 0.0886. The molecule has 0 saturated heterocycles. The van der Waals surface area contributed by atoms with E-state index in [1.54, 1.807) is 23.9 Å². The minimum atomic E-state index is -0.318. The largest absolute Gasteiger partial charge is 0.380 e. The third-order valence-electron chi connectivity index (χ3n) is 5.71. The van der Waals surface area contributed by atoms with Crippen molar-refractivity contribution < 1.29 is 9.53 Å². The molecule has 1 aliphatic carbocycles. The van der Waals surface area contributed by atoms with Gasteiger partial charge in [-0.15, -0.1) is 0 Å². The number of aryl methyl sites for hydroxylation is 1. The van der Waals surface area contributed by atoms with Gasteiger partial charge in [0.2, 0.25) is 0 Å². The number of rotatable bonds is 6. The number of imidazole rings is 1. The normalized spacial score (nSPS) is 14.5. The molecule has 0 unspecified atom stereocenters. The Hall–Kier alpha value is -2.64. The average molecular weight is 429 g/mol. The summed E-state index contributed by atoms with van der Waals surface area (Å²) in [4.78, 5) is 32.8. The van der Waals surface area contributed by atoms with Crippen LogP contribution in [0.5, 0.6) is 0 Å². The Morgan fingerprint density at radius 3 is 2.83 bits per heavy atom. The third kappa shape index (κ3) is 4.00. The zero-order valence-electron chi connectivity index (χ0n) is 17.1. The van der Waals surface area contributed by atoms with E-state index in [-0.39, 0.29) is 18.0 Å². The summed E-state index contributed by atoms with van der Waals surface area (Å²) in [6.07, 6.45) is 6.31. The number of ether oxygens (including phenoxy) is 1. The highest BCUT2D eigenvalue weighted by molar-refractivity contribution is 6.31. The van der Waals surface area contributed by atoms with E-state index in [9.17, 15) is 9.59 Å². The Kier molecular flexibility index (Phi) is 5.92. The number of aromatic amines is 1. The first kappa shape index (κ1) is 20.6. The molecule has 0 spiro atoms. The number of methoxy groups -OCH3 is 1. The molecule has 4 rings (SSSR count). The molecule has 3 aromatic heterocycles. The minimum Gasteiger partial charge on any atom is -0.380 e. The number of carbonyl (C=O) groups is 1. The van der Waals surface area contributed by atoms with Crippen LogP contribution in [0.2, 0.25) is 5.02 Å². The summed E-state index contributed by atoms with van der Waals surface area (Å²) < 4.78 is 6.98. The summed E-state index contributed by atoms with van der Waals surface area (Å²) in [5.41, 5.74) is 4.01. The van der Waals surface area contributed by atoms with Crippen LogP contribution < -0.4 is 10.9 Å². The van der Waals surface area contributed by atoms with Crippen LogP contribution in [0.15, 0.2) is 29.3 Å². The van der Waals surface area contributed by atoms with Gasteiger partial charge < -0.3 is 15.0 Å². The number of fused-ring (bicyclic) bond motifs is 1. The van der Waals surface area contributed by atoms with Crippen LogP contribution in [0.25, 0.3) is 5.52 Å². The van der Waals surface area contributed by atoms with E-state index in [4.69, 9.17) is 16.3 Å². The number of hydrogen-bond acceptors (Lipinski definition) is 4. The van der Waals surface area contributed by atoms with Gasteiger partial charge in [-0.25, -0.2) is 4.98 Å². The Labute approximate surface area is 179 Å². The standard InChI is InChI=1S/C22H25ClN4O3/c1-13-7-15(11-30-2)17(21(28)26-13)10-24-22(29)19-9-16(23)8-18-20(25-12-27(18)19)14-5-3-4-6-14/h7-9,12,14H,3-6,10-11H2,1-2H3,(H,24,29)(H,26,28). The fraction of sp³-hybridized carbons (Fsp3) is 0.409. The summed E-state index contributed by atoms with van der Waals surface area (Å²) in [7, 11) is 1.57. The summed E-state index contributed by atoms with van der Waals surface area (Å²) in [5.74, 6) is 0.0910. The molecule has 30 heavy (non-hydrogen) atoms. The molecule has 0 aromatic carbocycles. The van der Waals surface area contributed by atoms with Gasteiger partial charge >= 0.3 is 0 Å². The highest BCUT2D eigenvalue weighted by Gasteiger charge is 2.23. The lowest BCUT2D eigenvalue weighted by Crippen LogP contribution is -2.29. The molecule has 0 aliphatic heterocycles. The van der Waals surface area contributed by atoms with Crippen molar-refractivity contribution >= 4 is 23.0 Å². The molecule has 1 saturated carbocycles. The first-order chi connectivity index (χ1) is 14.5. The van der Waals surface area contributed by atoms with E-state index >= 15 is 0 Å². The van der Waals surface area contributed by atoms with Gasteiger partial charge in [-0.1, -0.05) is 24.4 Å². The van der Waals surface area contributed by atoms with E-state index in [2.05, 4.69) is 15.3 Å². The molecular weight excluding hydrogens is 404 g/mol. The van der Waals surface area contributed by atoms with Crippen LogP contribution in [-0.2, 0) is 17.9 Å². The van der Waals surface area contributed by atoms with Crippen molar-refractivity contribution in [3.63, 3.8) is 0 Å². The van der Waals surface area contributed by atoms with Gasteiger partial charge in [0.1, 0.15) is 12.0 Å². The van der Waals surface area contributed by atoms with Crippen molar-refractivity contribution in [3.05, 3.63) is 68.1 Å². The zero-order valence-corrected chi connectivity index (χ0v) is 17.9. The first-order valence-corrected chi connectivity index (χ1v) is 10.5. The lowest BCUT2D eigenvalue weighted by molar-refractivity contribution is 0.0944. The van der Waals surface area contributed by atoms with Crippen LogP contribution in [0.3, 0.4) is 0 Å². The van der Waals surface area contributed by atoms with Gasteiger partial charge in [-0.2, -0.15) is 0 Å². The summed E-state index contributed by atoms with van der Waals surface area (Å²) >= 11 is 6.34. The van der Waals surface area contributed by atoms with E-state index in [1.165, 1.54) is 12.8 Å². The quantitative estimate of drug-likeness (QED) is 0.626. The van der Waals surface area contributed by atoms with Crippen LogP contribution in [0, 0.1) is 6.92 Å². The molecule has 0 bridgehead atoms. The van der Waals surface area contributed by atoms with Crippen LogP contribution in [0.4, 0.5) is 0 Å². The number of aromatic nitrogens is 3. The van der Waals surface area contributed by atoms with Crippen LogP contribution in [-0.4, -0.2) is 27.4 Å². The molecule has 3 aromatic rings. The van der Waals surface area contributed by atoms with E-state index in [1.807, 2.05) is 19.1 Å². The van der Waals surface area contributed by atoms with Gasteiger partial charge in [-0.3, -0.25) is 14.0 Å². The highest BCUT2D eigenvalue weighted by atomic mass is 35.5. The average Bonchev–Trinajstić information content (AvgIpc) is 3.36. The maximum atomic E-state index is 13.0. The van der Waals surface area contributed by atoms with Gasteiger partial charge in [0.15, 0.2) is 0 Å². The zero-order chi connectivity index (χ0) is 21.3. The van der Waals surface area contributed by atoms with E-state index in [0.29, 0.717) is 28.8 Å². The second kappa shape index (κ2) is 8.62. The molecule has 1 fully saturated rings. The molecule has 3 heterocycles. The third-order valence-corrected chi connectivity index (χ3v) is 5.92. The predicted molar refractivity (Wildman–Crippen MR) is 115 cm³/mol. The number of nitrogens with one attached hydrogen (secondary N) is 2. The maximum Gasteiger partial charge on any atom is 0.268 e. The Morgan fingerprint density at radius 2 is 2.10 bits per heavy atom. The maximum absolute atomic E-state index is 13.0. The van der Waals surface area contributed by atoms with E-state index < -0.39 is 0 Å². The fourth-order valence-electron chi connectivity index (χ4n) is 4.29. The monoisotopic (exact) mass is 428 g/mol. The smallest absolute Gasteiger partial charge is 0.268 e. The van der Waals surface area contributed by atoms with Crippen molar-refractivity contribution in [1.82, 2.24) is 19.7 Å². The molecule has 0 atom stereocenters. The van der Waals surface area contributed by atoms with Crippen LogP contribution >= 0.6 is 11.6 Å². The van der Waals surface area contributed by atoms with Crippen molar-refractivity contribution in [2.45, 2.75) is 51.7 Å². The number of nitrogens with zero attached hydrogens (tertiary/aromatic N) is 2. The Morgan fingerprint density at radius 1 is 1.33 bits per heavy atom. The lowest BCUT2D eigenvalue weighted by atomic mass is 10.0. The number of hydrogen-bond donors (Lipinski definition) is 2. The van der Waals surface area contributed by atoms with Crippen molar-refractivity contribution in [1.29, 1.82) is 0 Å². The second-order valence-electron chi connectivity index (χ2n) is 7.83. The summed E-state index contributed by atoms with van der Waals surface area (Å²) in [6.45, 7) is 2.20. The SMILES string of the molecule is COCc1cc(C)[nH]c(=O)c1CNC(=O)c1cc(Cl)cc2c(C3CCCC3)ncn12. The van der Waals surface area contributed by atoms with Crippen molar-refractivity contribution in [3.8, 4) is 0 Å². The Balaban J connectivity index is 1.62. The lowest BCUT2D eigenvalue weighted by Gasteiger charge is -2.12. The molecule has 1 amide bonds. The fourth-order valence-corrected chi connectivity index (χ4v) is 4.50. The number of H-pyrrole nitrogens is 1. The first-order valence-electron chi connectivity index (χ1n) is 10.1. The number of amides is 1. The summed E-state index contributed by atoms with van der Waals surface area (Å²) in [6, 6.07) is 5.34. The highest BCUT2D eigenvalue weighted by Crippen LogP contribution is 2.36. The molecule has 158 valence electrons. The number of pyridine rings is 2. The number of halogens is 1.